The molecule has 3 heterocycles. The molecule has 0 bridgehead atoms. The number of aryl methyl sites for hydroxylation is 1. The highest BCUT2D eigenvalue weighted by molar-refractivity contribution is 5.91. The van der Waals surface area contributed by atoms with Crippen molar-refractivity contribution >= 4 is 5.91 Å². The topological polar surface area (TPSA) is 90.7 Å². The highest BCUT2D eigenvalue weighted by Crippen LogP contribution is 2.50. The molecule has 3 aromatic rings. The van der Waals surface area contributed by atoms with Gasteiger partial charge in [0.2, 0.25) is 5.91 Å². The third-order valence-corrected chi connectivity index (χ3v) is 6.56. The number of methoxy groups -OCH3 is 1. The molecular formula is C23H25N3O5. The predicted octanol–water partition coefficient (Wildman–Crippen LogP) is 3.31. The monoisotopic (exact) mass is 423 g/mol. The van der Waals surface area contributed by atoms with Crippen LogP contribution >= 0.6 is 0 Å². The Balaban J connectivity index is 1.27. The summed E-state index contributed by atoms with van der Waals surface area (Å²) in [6, 6.07) is 9.45. The summed E-state index contributed by atoms with van der Waals surface area (Å²) < 4.78 is 17.3. The van der Waals surface area contributed by atoms with Gasteiger partial charge in [0, 0.05) is 13.1 Å². The maximum atomic E-state index is 13.3. The van der Waals surface area contributed by atoms with Gasteiger partial charge >= 0.3 is 5.76 Å². The van der Waals surface area contributed by atoms with Crippen molar-refractivity contribution in [3.05, 3.63) is 58.5 Å². The average molecular weight is 423 g/mol. The van der Waals surface area contributed by atoms with E-state index < -0.39 is 11.2 Å². The zero-order chi connectivity index (χ0) is 21.6. The van der Waals surface area contributed by atoms with Gasteiger partial charge in [0.1, 0.15) is 11.5 Å². The van der Waals surface area contributed by atoms with Crippen LogP contribution in [0.1, 0.15) is 43.0 Å². The lowest BCUT2D eigenvalue weighted by atomic mass is 9.93. The molecule has 1 aromatic carbocycles. The van der Waals surface area contributed by atoms with Gasteiger partial charge in [-0.2, -0.15) is 4.68 Å². The van der Waals surface area contributed by atoms with Gasteiger partial charge in [0.15, 0.2) is 0 Å². The van der Waals surface area contributed by atoms with Crippen molar-refractivity contribution in [1.82, 2.24) is 14.7 Å². The van der Waals surface area contributed by atoms with Crippen molar-refractivity contribution < 1.29 is 18.4 Å². The van der Waals surface area contributed by atoms with Gasteiger partial charge in [-0.15, -0.1) is 5.10 Å². The number of furan rings is 1. The third kappa shape index (κ3) is 3.36. The molecule has 2 aliphatic rings. The average Bonchev–Trinajstić information content (AvgIpc) is 3.36. The van der Waals surface area contributed by atoms with Crippen molar-refractivity contribution in [2.75, 3.05) is 20.2 Å². The maximum Gasteiger partial charge on any atom is 0.437 e. The summed E-state index contributed by atoms with van der Waals surface area (Å²) in [7, 11) is 1.64. The lowest BCUT2D eigenvalue weighted by molar-refractivity contribution is -0.135. The first-order valence-electron chi connectivity index (χ1n) is 10.6. The summed E-state index contributed by atoms with van der Waals surface area (Å²) in [5, 5.41) is 4.39. The van der Waals surface area contributed by atoms with E-state index in [1.807, 2.05) is 29.2 Å². The second-order valence-corrected chi connectivity index (χ2v) is 8.34. The van der Waals surface area contributed by atoms with Gasteiger partial charge in [-0.25, -0.2) is 4.79 Å². The molecule has 0 radical (unpaired) electrons. The van der Waals surface area contributed by atoms with Crippen molar-refractivity contribution in [3.8, 4) is 17.2 Å². The molecule has 1 saturated heterocycles. The summed E-state index contributed by atoms with van der Waals surface area (Å²) >= 11 is 0. The van der Waals surface area contributed by atoms with Crippen molar-refractivity contribution in [2.24, 2.45) is 0 Å². The molecule has 5 rings (SSSR count). The predicted molar refractivity (Wildman–Crippen MR) is 112 cm³/mol. The summed E-state index contributed by atoms with van der Waals surface area (Å²) in [6.45, 7) is 3.00. The van der Waals surface area contributed by atoms with E-state index >= 15 is 0 Å². The molecule has 1 aliphatic carbocycles. The Labute approximate surface area is 179 Å². The van der Waals surface area contributed by atoms with Crippen LogP contribution in [0.2, 0.25) is 0 Å². The normalized spacial score (nSPS) is 18.2. The van der Waals surface area contributed by atoms with Crippen LogP contribution < -0.4 is 10.5 Å². The Morgan fingerprint density at radius 1 is 1.16 bits per heavy atom. The zero-order valence-electron chi connectivity index (χ0n) is 17.7. The van der Waals surface area contributed by atoms with E-state index in [0.717, 1.165) is 24.2 Å². The number of benzene rings is 1. The number of ether oxygens (including phenoxy) is 1. The van der Waals surface area contributed by atoms with Crippen LogP contribution in [0.25, 0.3) is 11.5 Å². The van der Waals surface area contributed by atoms with Gasteiger partial charge in [0.25, 0.3) is 5.89 Å². The van der Waals surface area contributed by atoms with Crippen LogP contribution in [-0.2, 0) is 10.2 Å². The fraction of sp³-hybridized carbons (Fsp3) is 0.435. The van der Waals surface area contributed by atoms with E-state index in [1.54, 1.807) is 26.4 Å². The van der Waals surface area contributed by atoms with Crippen LogP contribution in [0.15, 0.2) is 50.2 Å². The molecule has 8 nitrogen and oxygen atoms in total. The SMILES string of the molecule is COc1ccc(C2(C(=O)N3CCC(n4nc(-c5ccoc5C)oc4=O)CC3)CC2)cc1. The zero-order valence-corrected chi connectivity index (χ0v) is 17.7. The summed E-state index contributed by atoms with van der Waals surface area (Å²) in [5.74, 6) is 1.42. The number of amides is 1. The number of hydrogen-bond donors (Lipinski definition) is 0. The van der Waals surface area contributed by atoms with Crippen LogP contribution in [0.3, 0.4) is 0 Å². The van der Waals surface area contributed by atoms with Crippen LogP contribution in [0, 0.1) is 6.92 Å². The molecule has 31 heavy (non-hydrogen) atoms. The lowest BCUT2D eigenvalue weighted by Gasteiger charge is -2.34. The quantitative estimate of drug-likeness (QED) is 0.625. The molecular weight excluding hydrogens is 398 g/mol. The number of likely N-dealkylation sites (tertiary alicyclic amines) is 1. The molecule has 0 N–H and O–H groups in total. The molecule has 162 valence electrons. The highest BCUT2D eigenvalue weighted by atomic mass is 16.5. The number of carbonyl (C=O) groups excluding carboxylic acids is 1. The molecule has 0 spiro atoms. The Morgan fingerprint density at radius 3 is 2.45 bits per heavy atom. The van der Waals surface area contributed by atoms with Gasteiger partial charge in [-0.1, -0.05) is 12.1 Å². The molecule has 0 atom stereocenters. The Bertz CT molecular complexity index is 1140. The molecule has 2 fully saturated rings. The minimum Gasteiger partial charge on any atom is -0.497 e. The molecule has 2 aromatic heterocycles. The number of nitrogens with zero attached hydrogens (tertiary/aromatic N) is 3. The van der Waals surface area contributed by atoms with E-state index in [2.05, 4.69) is 5.10 Å². The Hall–Kier alpha value is -3.29. The van der Waals surface area contributed by atoms with Gasteiger partial charge in [-0.05, 0) is 56.4 Å². The highest BCUT2D eigenvalue weighted by Gasteiger charge is 2.53. The van der Waals surface area contributed by atoms with E-state index in [4.69, 9.17) is 13.6 Å². The molecule has 1 aliphatic heterocycles. The van der Waals surface area contributed by atoms with E-state index in [0.29, 0.717) is 37.3 Å². The Morgan fingerprint density at radius 2 is 1.87 bits per heavy atom. The van der Waals surface area contributed by atoms with E-state index in [-0.39, 0.29) is 17.8 Å². The summed E-state index contributed by atoms with van der Waals surface area (Å²) in [5.41, 5.74) is 1.32. The number of carbonyl (C=O) groups is 1. The standard InChI is InChI=1S/C23H25N3O5/c1-15-19(9-14-30-15)20-24-26(22(28)31-20)17-7-12-25(13-8-17)21(27)23(10-11-23)16-3-5-18(29-2)6-4-16/h3-6,9,14,17H,7-8,10-13H2,1-2H3. The van der Waals surface area contributed by atoms with Gasteiger partial charge in [0.05, 0.1) is 30.4 Å². The molecule has 8 heteroatoms. The summed E-state index contributed by atoms with van der Waals surface area (Å²) in [4.78, 5) is 27.6. The fourth-order valence-corrected chi connectivity index (χ4v) is 4.51. The summed E-state index contributed by atoms with van der Waals surface area (Å²) in [6.07, 6.45) is 4.62. The lowest BCUT2D eigenvalue weighted by Crippen LogP contribution is -2.45. The maximum absolute atomic E-state index is 13.3. The van der Waals surface area contributed by atoms with Crippen molar-refractivity contribution in [2.45, 2.75) is 44.1 Å². The third-order valence-electron chi connectivity index (χ3n) is 6.56. The molecule has 1 saturated carbocycles. The number of rotatable bonds is 5. The van der Waals surface area contributed by atoms with Crippen molar-refractivity contribution in [3.63, 3.8) is 0 Å². The van der Waals surface area contributed by atoms with Crippen LogP contribution in [-0.4, -0.2) is 40.8 Å². The van der Waals surface area contributed by atoms with Crippen molar-refractivity contribution in [1.29, 1.82) is 0 Å². The smallest absolute Gasteiger partial charge is 0.437 e. The number of piperidine rings is 1. The minimum atomic E-state index is -0.475. The first kappa shape index (κ1) is 19.7. The van der Waals surface area contributed by atoms with E-state index in [9.17, 15) is 9.59 Å². The largest absolute Gasteiger partial charge is 0.497 e. The molecule has 0 unspecified atom stereocenters. The van der Waals surface area contributed by atoms with Gasteiger partial charge < -0.3 is 18.5 Å². The second-order valence-electron chi connectivity index (χ2n) is 8.34. The minimum absolute atomic E-state index is 0.0857. The number of hydrogen-bond acceptors (Lipinski definition) is 6. The van der Waals surface area contributed by atoms with Crippen LogP contribution in [0.4, 0.5) is 0 Å². The van der Waals surface area contributed by atoms with E-state index in [1.165, 1.54) is 4.68 Å². The Kier molecular flexibility index (Phi) is 4.72. The second kappa shape index (κ2) is 7.44. The first-order valence-corrected chi connectivity index (χ1v) is 10.6. The van der Waals surface area contributed by atoms with Crippen LogP contribution in [0.5, 0.6) is 5.75 Å². The van der Waals surface area contributed by atoms with Gasteiger partial charge in [-0.3, -0.25) is 4.79 Å². The first-order chi connectivity index (χ1) is 15.0. The fourth-order valence-electron chi connectivity index (χ4n) is 4.51. The number of aromatic nitrogens is 2. The molecule has 1 amide bonds.